The molecule has 1 atom stereocenters. The Morgan fingerprint density at radius 2 is 1.82 bits per heavy atom. The molecule has 0 bridgehead atoms. The summed E-state index contributed by atoms with van der Waals surface area (Å²) >= 11 is 0.867. The fourth-order valence-corrected chi connectivity index (χ4v) is 4.75. The molecule has 3 aromatic rings. The summed E-state index contributed by atoms with van der Waals surface area (Å²) in [6.07, 6.45) is 0. The molecular weight excluding hydrogens is 459 g/mol. The summed E-state index contributed by atoms with van der Waals surface area (Å²) in [4.78, 5) is 44.1. The number of thiazole rings is 1. The third kappa shape index (κ3) is 3.99. The molecule has 2 heterocycles. The number of esters is 1. The van der Waals surface area contributed by atoms with Gasteiger partial charge < -0.3 is 9.84 Å². The Kier molecular flexibility index (Phi) is 6.30. The summed E-state index contributed by atoms with van der Waals surface area (Å²) in [5.41, 5.74) is 1.32. The van der Waals surface area contributed by atoms with Gasteiger partial charge >= 0.3 is 11.9 Å². The largest absolute Gasteiger partial charge is 0.507 e. The van der Waals surface area contributed by atoms with Gasteiger partial charge in [-0.3, -0.25) is 14.5 Å². The van der Waals surface area contributed by atoms with Gasteiger partial charge in [0, 0.05) is 11.1 Å². The summed E-state index contributed by atoms with van der Waals surface area (Å²) in [5.74, 6) is -3.65. The maximum atomic E-state index is 14.9. The highest BCUT2D eigenvalue weighted by atomic mass is 32.1. The lowest BCUT2D eigenvalue weighted by Gasteiger charge is -2.23. The van der Waals surface area contributed by atoms with Crippen LogP contribution >= 0.6 is 11.3 Å². The molecule has 1 aromatic heterocycles. The van der Waals surface area contributed by atoms with Crippen molar-refractivity contribution in [1.29, 1.82) is 0 Å². The number of carbonyl (C=O) groups is 3. The fraction of sp³-hybridized carbons (Fsp3) is 0.200. The van der Waals surface area contributed by atoms with E-state index in [2.05, 4.69) is 4.98 Å². The van der Waals surface area contributed by atoms with Crippen molar-refractivity contribution in [2.75, 3.05) is 11.5 Å². The lowest BCUT2D eigenvalue weighted by Crippen LogP contribution is -2.29. The first kappa shape index (κ1) is 23.3. The molecule has 0 aliphatic carbocycles. The zero-order chi connectivity index (χ0) is 24.6. The summed E-state index contributed by atoms with van der Waals surface area (Å²) in [6, 6.07) is 11.2. The Labute approximate surface area is 199 Å². The topological polar surface area (TPSA) is 96.8 Å². The lowest BCUT2D eigenvalue weighted by atomic mass is 9.95. The van der Waals surface area contributed by atoms with Crippen molar-refractivity contribution in [3.8, 4) is 0 Å². The van der Waals surface area contributed by atoms with Gasteiger partial charge in [0.15, 0.2) is 5.13 Å². The minimum atomic E-state index is -1.27. The number of amides is 1. The van der Waals surface area contributed by atoms with Crippen LogP contribution in [0.25, 0.3) is 5.76 Å². The smallest absolute Gasteiger partial charge is 0.350 e. The van der Waals surface area contributed by atoms with Gasteiger partial charge in [-0.05, 0) is 26.8 Å². The first-order valence-corrected chi connectivity index (χ1v) is 11.3. The second kappa shape index (κ2) is 9.18. The Morgan fingerprint density at radius 1 is 1.15 bits per heavy atom. The molecule has 1 fully saturated rings. The SMILES string of the molecule is CCOC(=O)c1sc(N2C(=O)C(=O)C(=C(O)c3ccc(C)cc3)[C@@H]2c2ccccc2F)nc1C. The van der Waals surface area contributed by atoms with Crippen molar-refractivity contribution in [3.63, 3.8) is 0 Å². The van der Waals surface area contributed by atoms with Gasteiger partial charge in [0.05, 0.1) is 17.9 Å². The van der Waals surface area contributed by atoms with Crippen LogP contribution in [0, 0.1) is 19.7 Å². The van der Waals surface area contributed by atoms with E-state index < -0.39 is 35.3 Å². The van der Waals surface area contributed by atoms with Crippen molar-refractivity contribution in [2.24, 2.45) is 0 Å². The second-order valence-electron chi connectivity index (χ2n) is 7.69. The molecule has 0 unspecified atom stereocenters. The molecule has 0 radical (unpaired) electrons. The minimum absolute atomic E-state index is 0.0147. The van der Waals surface area contributed by atoms with Crippen molar-refractivity contribution in [3.05, 3.63) is 87.2 Å². The van der Waals surface area contributed by atoms with Crippen LogP contribution in [-0.4, -0.2) is 34.4 Å². The maximum Gasteiger partial charge on any atom is 0.350 e. The average Bonchev–Trinajstić information content (AvgIpc) is 3.31. The zero-order valence-electron chi connectivity index (χ0n) is 18.7. The molecular formula is C25H21FN2O5S. The number of ether oxygens (including phenoxy) is 1. The summed E-state index contributed by atoms with van der Waals surface area (Å²) in [7, 11) is 0. The molecule has 7 nitrogen and oxygen atoms in total. The first-order chi connectivity index (χ1) is 16.2. The van der Waals surface area contributed by atoms with Crippen LogP contribution in [0.15, 0.2) is 54.1 Å². The Bertz CT molecular complexity index is 1330. The average molecular weight is 481 g/mol. The van der Waals surface area contributed by atoms with E-state index >= 15 is 0 Å². The number of anilines is 1. The van der Waals surface area contributed by atoms with Crippen LogP contribution in [0.1, 0.15) is 45.0 Å². The standard InChI is InChI=1S/C25H21FN2O5S/c1-4-33-24(32)22-14(3)27-25(34-22)28-19(16-7-5-6-8-17(16)26)18(21(30)23(28)31)20(29)15-11-9-13(2)10-12-15/h5-12,19,29H,4H2,1-3H3/t19-/m0/s1. The predicted octanol–water partition coefficient (Wildman–Crippen LogP) is 4.70. The minimum Gasteiger partial charge on any atom is -0.507 e. The molecule has 174 valence electrons. The van der Waals surface area contributed by atoms with Gasteiger partial charge in [0.1, 0.15) is 22.5 Å². The van der Waals surface area contributed by atoms with E-state index in [0.29, 0.717) is 11.3 Å². The van der Waals surface area contributed by atoms with Gasteiger partial charge in [-0.25, -0.2) is 14.2 Å². The van der Waals surface area contributed by atoms with Crippen LogP contribution in [0.5, 0.6) is 0 Å². The number of ketones is 1. The third-order valence-electron chi connectivity index (χ3n) is 5.42. The van der Waals surface area contributed by atoms with Crippen molar-refractivity contribution in [2.45, 2.75) is 26.8 Å². The maximum absolute atomic E-state index is 14.9. The normalized spacial score (nSPS) is 17.3. The molecule has 1 aliphatic rings. The molecule has 0 saturated carbocycles. The Balaban J connectivity index is 1.93. The fourth-order valence-electron chi connectivity index (χ4n) is 3.76. The third-order valence-corrected chi connectivity index (χ3v) is 6.56. The van der Waals surface area contributed by atoms with Crippen LogP contribution in [0.4, 0.5) is 9.52 Å². The number of Topliss-reactive ketones (excluding diaryl/α,β-unsaturated/α-hetero) is 1. The number of aromatic nitrogens is 1. The van der Waals surface area contributed by atoms with Crippen LogP contribution in [0.2, 0.25) is 0 Å². The van der Waals surface area contributed by atoms with Crippen molar-refractivity contribution < 1.29 is 28.6 Å². The van der Waals surface area contributed by atoms with Gasteiger partial charge in [0.25, 0.3) is 5.78 Å². The molecule has 9 heteroatoms. The van der Waals surface area contributed by atoms with Gasteiger partial charge in [-0.15, -0.1) is 0 Å². The number of hydrogen-bond acceptors (Lipinski definition) is 7. The number of halogens is 1. The molecule has 2 aromatic carbocycles. The molecule has 1 saturated heterocycles. The second-order valence-corrected chi connectivity index (χ2v) is 8.67. The number of rotatable bonds is 5. The highest BCUT2D eigenvalue weighted by Gasteiger charge is 2.49. The quantitative estimate of drug-likeness (QED) is 0.246. The number of hydrogen-bond donors (Lipinski definition) is 1. The molecule has 1 N–H and O–H groups in total. The van der Waals surface area contributed by atoms with E-state index in [1.54, 1.807) is 44.2 Å². The van der Waals surface area contributed by atoms with Gasteiger partial charge in [-0.1, -0.05) is 59.4 Å². The Morgan fingerprint density at radius 3 is 2.47 bits per heavy atom. The molecule has 34 heavy (non-hydrogen) atoms. The van der Waals surface area contributed by atoms with Crippen LogP contribution in [0.3, 0.4) is 0 Å². The monoisotopic (exact) mass is 480 g/mol. The first-order valence-electron chi connectivity index (χ1n) is 10.5. The van der Waals surface area contributed by atoms with E-state index in [-0.39, 0.29) is 27.8 Å². The zero-order valence-corrected chi connectivity index (χ0v) is 19.5. The number of aliphatic hydroxyl groups excluding tert-OH is 1. The van der Waals surface area contributed by atoms with Crippen LogP contribution < -0.4 is 4.90 Å². The number of aryl methyl sites for hydroxylation is 2. The summed E-state index contributed by atoms with van der Waals surface area (Å²) < 4.78 is 20.0. The highest BCUT2D eigenvalue weighted by molar-refractivity contribution is 7.17. The Hall–Kier alpha value is -3.85. The lowest BCUT2D eigenvalue weighted by molar-refractivity contribution is -0.132. The van der Waals surface area contributed by atoms with E-state index in [1.807, 2.05) is 6.92 Å². The number of aliphatic hydroxyl groups is 1. The number of nitrogens with zero attached hydrogens (tertiary/aromatic N) is 2. The van der Waals surface area contributed by atoms with Crippen molar-refractivity contribution >= 4 is 39.9 Å². The summed E-state index contributed by atoms with van der Waals surface area (Å²) in [5, 5.41) is 11.1. The highest BCUT2D eigenvalue weighted by Crippen LogP contribution is 2.44. The van der Waals surface area contributed by atoms with E-state index in [4.69, 9.17) is 4.74 Å². The molecule has 1 amide bonds. The molecule has 0 spiro atoms. The van der Waals surface area contributed by atoms with Gasteiger partial charge in [-0.2, -0.15) is 0 Å². The predicted molar refractivity (Wildman–Crippen MR) is 125 cm³/mol. The van der Waals surface area contributed by atoms with Crippen LogP contribution in [-0.2, 0) is 14.3 Å². The van der Waals surface area contributed by atoms with Crippen molar-refractivity contribution in [1.82, 2.24) is 4.98 Å². The van der Waals surface area contributed by atoms with E-state index in [9.17, 15) is 23.9 Å². The number of carbonyl (C=O) groups excluding carboxylic acids is 3. The molecule has 4 rings (SSSR count). The molecule has 1 aliphatic heterocycles. The summed E-state index contributed by atoms with van der Waals surface area (Å²) in [6.45, 7) is 5.26. The number of benzene rings is 2. The van der Waals surface area contributed by atoms with E-state index in [1.165, 1.54) is 18.2 Å². The van der Waals surface area contributed by atoms with Gasteiger partial charge in [0.2, 0.25) is 0 Å². The van der Waals surface area contributed by atoms with E-state index in [0.717, 1.165) is 21.8 Å².